The number of benzene rings is 1. The van der Waals surface area contributed by atoms with E-state index >= 15 is 0 Å². The lowest BCUT2D eigenvalue weighted by Gasteiger charge is -1.69. The van der Waals surface area contributed by atoms with Crippen molar-refractivity contribution in [1.29, 1.82) is 0 Å². The summed E-state index contributed by atoms with van der Waals surface area (Å²) in [6.07, 6.45) is 0. The normalized spacial score (nSPS) is 7.33. The summed E-state index contributed by atoms with van der Waals surface area (Å²) in [4.78, 5) is 1.94. The Labute approximate surface area is 60.6 Å². The molecule has 0 saturated heterocycles. The molecule has 2 nitrogen and oxygen atoms in total. The second-order valence-corrected chi connectivity index (χ2v) is 1.54. The van der Waals surface area contributed by atoms with E-state index in [1.807, 2.05) is 41.2 Å². The number of nitrogens with two attached hydrogens (primary N) is 1. The Hall–Kier alpha value is -0.510. The van der Waals surface area contributed by atoms with E-state index < -0.39 is 0 Å². The number of nitrogens with one attached hydrogen (secondary N) is 1. The number of rotatable bonds is 0. The third-order valence-corrected chi connectivity index (χ3v) is 0.667. The van der Waals surface area contributed by atoms with Crippen molar-refractivity contribution in [3.63, 3.8) is 0 Å². The molecule has 3 heteroatoms. The molecule has 0 aromatic heterocycles. The molecule has 0 bridgehead atoms. The second kappa shape index (κ2) is 7.49. The molecule has 0 fully saturated rings. The average molecular weight is 142 g/mol. The molecule has 0 unspecified atom stereocenters. The minimum atomic E-state index is 1.94. The monoisotopic (exact) mass is 142 g/mol. The predicted octanol–water partition coefficient (Wildman–Crippen LogP) is 0.981. The van der Waals surface area contributed by atoms with Crippen molar-refractivity contribution >= 4 is 12.8 Å². The summed E-state index contributed by atoms with van der Waals surface area (Å²) in [5.41, 5.74) is 0. The van der Waals surface area contributed by atoms with Crippen LogP contribution < -0.4 is 10.7 Å². The van der Waals surface area contributed by atoms with Crippen LogP contribution in [0.15, 0.2) is 36.4 Å². The quantitative estimate of drug-likeness (QED) is 0.287. The standard InChI is InChI=1S/C6H6.H4N2S/c1-2-4-6-5-3-1;1-2-3/h1-6H;2-3H,1H2. The molecule has 0 aliphatic heterocycles. The van der Waals surface area contributed by atoms with Crippen LogP contribution in [0.1, 0.15) is 0 Å². The molecule has 1 rings (SSSR count). The summed E-state index contributed by atoms with van der Waals surface area (Å²) in [7, 11) is 0. The van der Waals surface area contributed by atoms with Crippen LogP contribution in [0.2, 0.25) is 0 Å². The van der Waals surface area contributed by atoms with Crippen molar-refractivity contribution in [3.05, 3.63) is 36.4 Å². The van der Waals surface area contributed by atoms with E-state index in [1.54, 1.807) is 0 Å². The average Bonchev–Trinajstić information content (AvgIpc) is 1.93. The van der Waals surface area contributed by atoms with Crippen LogP contribution in [0.3, 0.4) is 0 Å². The fourth-order valence-corrected chi connectivity index (χ4v) is 0.385. The van der Waals surface area contributed by atoms with Gasteiger partial charge in [0.2, 0.25) is 0 Å². The molecular formula is C6H10N2S. The molecular weight excluding hydrogens is 132 g/mol. The van der Waals surface area contributed by atoms with Crippen LogP contribution in [0.5, 0.6) is 0 Å². The van der Waals surface area contributed by atoms with Gasteiger partial charge < -0.3 is 0 Å². The lowest BCUT2D eigenvalue weighted by molar-refractivity contribution is 1.13. The third-order valence-electron chi connectivity index (χ3n) is 0.667. The molecule has 0 saturated carbocycles. The topological polar surface area (TPSA) is 38.0 Å². The minimum Gasteiger partial charge on any atom is -0.262 e. The summed E-state index contributed by atoms with van der Waals surface area (Å²) in [5, 5.41) is 0. The summed E-state index contributed by atoms with van der Waals surface area (Å²) in [5.74, 6) is 4.46. The first kappa shape index (κ1) is 8.49. The molecule has 0 atom stereocenters. The van der Waals surface area contributed by atoms with Crippen LogP contribution >= 0.6 is 12.8 Å². The predicted molar refractivity (Wildman–Crippen MR) is 42.8 cm³/mol. The van der Waals surface area contributed by atoms with E-state index in [0.29, 0.717) is 0 Å². The fraction of sp³-hybridized carbons (Fsp3) is 0. The first-order valence-electron chi connectivity index (χ1n) is 2.51. The molecule has 50 valence electrons. The summed E-state index contributed by atoms with van der Waals surface area (Å²) in [6.45, 7) is 0. The number of thiol groups is 1. The Bertz CT molecular complexity index is 93.9. The SMILES string of the molecule is NNS.c1ccccc1. The molecule has 0 spiro atoms. The minimum absolute atomic E-state index is 1.94. The molecule has 0 aliphatic rings. The summed E-state index contributed by atoms with van der Waals surface area (Å²) < 4.78 is 0. The van der Waals surface area contributed by atoms with Crippen molar-refractivity contribution in [2.24, 2.45) is 5.84 Å². The highest BCUT2D eigenvalue weighted by Crippen LogP contribution is 1.79. The van der Waals surface area contributed by atoms with Gasteiger partial charge in [-0.25, -0.2) is 4.83 Å². The van der Waals surface area contributed by atoms with Gasteiger partial charge in [0.1, 0.15) is 0 Å². The van der Waals surface area contributed by atoms with Gasteiger partial charge in [-0.15, -0.1) is 0 Å². The summed E-state index contributed by atoms with van der Waals surface area (Å²) >= 11 is 3.32. The maximum atomic E-state index is 4.46. The van der Waals surface area contributed by atoms with Crippen LogP contribution in [0.25, 0.3) is 0 Å². The Balaban J connectivity index is 0.000000187. The Kier molecular flexibility index (Phi) is 7.07. The zero-order valence-corrected chi connectivity index (χ0v) is 5.88. The first-order valence-corrected chi connectivity index (χ1v) is 2.96. The van der Waals surface area contributed by atoms with Gasteiger partial charge in [-0.2, -0.15) is 0 Å². The molecule has 0 aliphatic carbocycles. The number of hydrogen-bond acceptors (Lipinski definition) is 3. The van der Waals surface area contributed by atoms with Crippen molar-refractivity contribution < 1.29 is 0 Å². The van der Waals surface area contributed by atoms with Gasteiger partial charge in [-0.1, -0.05) is 49.2 Å². The molecule has 1 aromatic carbocycles. The maximum absolute atomic E-state index is 4.46. The van der Waals surface area contributed by atoms with Crippen LogP contribution in [0.4, 0.5) is 0 Å². The van der Waals surface area contributed by atoms with E-state index in [1.165, 1.54) is 0 Å². The molecule has 0 heterocycles. The van der Waals surface area contributed by atoms with Gasteiger partial charge in [0.15, 0.2) is 0 Å². The number of hydrogen-bond donors (Lipinski definition) is 3. The zero-order valence-electron chi connectivity index (χ0n) is 4.99. The van der Waals surface area contributed by atoms with E-state index in [0.717, 1.165) is 0 Å². The van der Waals surface area contributed by atoms with Gasteiger partial charge >= 0.3 is 0 Å². The van der Waals surface area contributed by atoms with Gasteiger partial charge in [-0.05, 0) is 0 Å². The van der Waals surface area contributed by atoms with Gasteiger partial charge in [0.05, 0.1) is 0 Å². The van der Waals surface area contributed by atoms with Crippen LogP contribution in [0, 0.1) is 0 Å². The van der Waals surface area contributed by atoms with Crippen LogP contribution in [-0.4, -0.2) is 0 Å². The zero-order chi connectivity index (χ0) is 6.95. The highest BCUT2D eigenvalue weighted by atomic mass is 32.1. The van der Waals surface area contributed by atoms with Crippen molar-refractivity contribution in [2.45, 2.75) is 0 Å². The molecule has 3 N–H and O–H groups in total. The van der Waals surface area contributed by atoms with Gasteiger partial charge in [-0.3, -0.25) is 5.84 Å². The Morgan fingerprint density at radius 1 is 0.889 bits per heavy atom. The van der Waals surface area contributed by atoms with Crippen molar-refractivity contribution in [2.75, 3.05) is 0 Å². The molecule has 0 amide bonds. The van der Waals surface area contributed by atoms with Crippen LogP contribution in [-0.2, 0) is 0 Å². The lowest BCUT2D eigenvalue weighted by atomic mass is 10.4. The molecule has 0 radical (unpaired) electrons. The van der Waals surface area contributed by atoms with E-state index in [9.17, 15) is 0 Å². The van der Waals surface area contributed by atoms with Gasteiger partial charge in [0.25, 0.3) is 0 Å². The summed E-state index contributed by atoms with van der Waals surface area (Å²) in [6, 6.07) is 12.0. The number of hydrazine groups is 1. The van der Waals surface area contributed by atoms with Crippen molar-refractivity contribution in [1.82, 2.24) is 4.83 Å². The molecule has 9 heavy (non-hydrogen) atoms. The molecule has 1 aromatic rings. The van der Waals surface area contributed by atoms with E-state index in [4.69, 9.17) is 0 Å². The second-order valence-electron chi connectivity index (χ2n) is 1.28. The smallest absolute Gasteiger partial charge is 0.0623 e. The fourth-order valence-electron chi connectivity index (χ4n) is 0.385. The van der Waals surface area contributed by atoms with Crippen molar-refractivity contribution in [3.8, 4) is 0 Å². The van der Waals surface area contributed by atoms with Gasteiger partial charge in [0, 0.05) is 0 Å². The first-order chi connectivity index (χ1) is 4.41. The largest absolute Gasteiger partial charge is 0.262 e. The Morgan fingerprint density at radius 2 is 1.00 bits per heavy atom. The van der Waals surface area contributed by atoms with E-state index in [-0.39, 0.29) is 0 Å². The van der Waals surface area contributed by atoms with E-state index in [2.05, 4.69) is 18.7 Å². The highest BCUT2D eigenvalue weighted by Gasteiger charge is 1.57. The lowest BCUT2D eigenvalue weighted by Crippen LogP contribution is -2.05. The maximum Gasteiger partial charge on any atom is -0.0623 e. The Morgan fingerprint density at radius 3 is 1.11 bits per heavy atom. The highest BCUT2D eigenvalue weighted by molar-refractivity contribution is 7.78. The third kappa shape index (κ3) is 7.49.